The van der Waals surface area contributed by atoms with Gasteiger partial charge in [-0.2, -0.15) is 0 Å². The predicted octanol–water partition coefficient (Wildman–Crippen LogP) is 5.49. The smallest absolute Gasteiger partial charge is 0.414 e. The van der Waals surface area contributed by atoms with Gasteiger partial charge in [0.1, 0.15) is 18.5 Å². The van der Waals surface area contributed by atoms with E-state index in [-0.39, 0.29) is 23.6 Å². The van der Waals surface area contributed by atoms with E-state index in [2.05, 4.69) is 20.9 Å². The van der Waals surface area contributed by atoms with Crippen LogP contribution in [0, 0.1) is 5.82 Å². The summed E-state index contributed by atoms with van der Waals surface area (Å²) in [6, 6.07) is 16.1. The number of rotatable bonds is 5. The summed E-state index contributed by atoms with van der Waals surface area (Å²) in [6.45, 7) is 7.12. The van der Waals surface area contributed by atoms with Crippen molar-refractivity contribution in [3.8, 4) is 11.1 Å². The van der Waals surface area contributed by atoms with E-state index in [1.807, 2.05) is 43.3 Å². The summed E-state index contributed by atoms with van der Waals surface area (Å²) in [5, 5.41) is 13.0. The Morgan fingerprint density at radius 1 is 1.15 bits per heavy atom. The van der Waals surface area contributed by atoms with Crippen molar-refractivity contribution >= 4 is 17.9 Å². The third kappa shape index (κ3) is 6.55. The van der Waals surface area contributed by atoms with Gasteiger partial charge in [-0.05, 0) is 43.1 Å². The van der Waals surface area contributed by atoms with Gasteiger partial charge >= 0.3 is 6.09 Å². The van der Waals surface area contributed by atoms with E-state index in [9.17, 15) is 9.18 Å². The summed E-state index contributed by atoms with van der Waals surface area (Å²) in [5.41, 5.74) is 1.97. The van der Waals surface area contributed by atoms with Crippen LogP contribution in [0.3, 0.4) is 0 Å². The molecule has 0 saturated heterocycles. The van der Waals surface area contributed by atoms with Crippen LogP contribution in [0.2, 0.25) is 0 Å². The van der Waals surface area contributed by atoms with Crippen LogP contribution in [0.25, 0.3) is 11.1 Å². The Morgan fingerprint density at radius 3 is 2.52 bits per heavy atom. The van der Waals surface area contributed by atoms with Gasteiger partial charge in [0.05, 0.1) is 5.69 Å². The van der Waals surface area contributed by atoms with Crippen LogP contribution in [-0.4, -0.2) is 29.9 Å². The summed E-state index contributed by atoms with van der Waals surface area (Å²) in [5.74, 6) is -0.390. The van der Waals surface area contributed by atoms with Crippen LogP contribution in [0.5, 0.6) is 0 Å². The van der Waals surface area contributed by atoms with E-state index in [0.29, 0.717) is 11.3 Å². The standard InChI is InChI=1S/C24H27FN4O4/c1-15(17-11-12-18(19(25)13-17)16-9-7-6-8-10-16)20-14-21(33-28-20)26-22(29-31-5)27-23(30)32-24(2,3)4/h6-15H,1-5H3,(H2,26,27,29,30). The molecule has 1 amide bonds. The number of hydrogen-bond donors (Lipinski definition) is 2. The molecule has 1 atom stereocenters. The molecule has 0 aliphatic rings. The molecule has 0 fully saturated rings. The molecule has 2 aromatic carbocycles. The fourth-order valence-electron chi connectivity index (χ4n) is 3.06. The highest BCUT2D eigenvalue weighted by molar-refractivity contribution is 6.01. The Bertz CT molecular complexity index is 1120. The quantitative estimate of drug-likeness (QED) is 0.301. The van der Waals surface area contributed by atoms with E-state index in [1.165, 1.54) is 13.2 Å². The molecule has 0 aliphatic heterocycles. The molecule has 3 rings (SSSR count). The Hall–Kier alpha value is -3.88. The SMILES string of the molecule is CON=C(NC(=O)OC(C)(C)C)Nc1cc(C(C)c2ccc(-c3ccccc3)c(F)c2)no1. The Morgan fingerprint density at radius 2 is 1.88 bits per heavy atom. The molecule has 1 aromatic heterocycles. The topological polar surface area (TPSA) is 98.0 Å². The summed E-state index contributed by atoms with van der Waals surface area (Å²) in [7, 11) is 1.33. The number of alkyl carbamates (subject to hydrolysis) is 1. The maximum absolute atomic E-state index is 14.8. The van der Waals surface area contributed by atoms with Crippen LogP contribution in [0.4, 0.5) is 15.1 Å². The van der Waals surface area contributed by atoms with Gasteiger partial charge in [-0.15, -0.1) is 0 Å². The van der Waals surface area contributed by atoms with E-state index < -0.39 is 11.7 Å². The van der Waals surface area contributed by atoms with E-state index in [4.69, 9.17) is 14.1 Å². The number of ether oxygens (including phenoxy) is 1. The average Bonchev–Trinajstić information content (AvgIpc) is 3.21. The maximum atomic E-state index is 14.8. The molecule has 0 radical (unpaired) electrons. The van der Waals surface area contributed by atoms with E-state index in [1.54, 1.807) is 32.9 Å². The number of benzene rings is 2. The van der Waals surface area contributed by atoms with Gasteiger partial charge < -0.3 is 14.1 Å². The highest BCUT2D eigenvalue weighted by Gasteiger charge is 2.20. The molecule has 9 heteroatoms. The van der Waals surface area contributed by atoms with Crippen molar-refractivity contribution in [2.45, 2.75) is 39.2 Å². The number of aromatic nitrogens is 1. The number of carbonyl (C=O) groups is 1. The van der Waals surface area contributed by atoms with Gasteiger partial charge in [0.2, 0.25) is 11.8 Å². The highest BCUT2D eigenvalue weighted by atomic mass is 19.1. The van der Waals surface area contributed by atoms with Crippen molar-refractivity contribution in [2.75, 3.05) is 12.4 Å². The lowest BCUT2D eigenvalue weighted by Crippen LogP contribution is -2.39. The molecule has 0 saturated carbocycles. The first-order valence-corrected chi connectivity index (χ1v) is 10.4. The number of halogens is 1. The molecule has 3 aromatic rings. The first-order valence-electron chi connectivity index (χ1n) is 10.4. The van der Waals surface area contributed by atoms with Crippen molar-refractivity contribution in [1.82, 2.24) is 10.5 Å². The molecule has 33 heavy (non-hydrogen) atoms. The Kier molecular flexibility index (Phi) is 7.32. The Labute approximate surface area is 191 Å². The van der Waals surface area contributed by atoms with Crippen LogP contribution >= 0.6 is 0 Å². The zero-order valence-corrected chi connectivity index (χ0v) is 19.2. The highest BCUT2D eigenvalue weighted by Crippen LogP contribution is 2.30. The number of nitrogens with one attached hydrogen (secondary N) is 2. The third-order valence-electron chi connectivity index (χ3n) is 4.59. The number of guanidine groups is 1. The Balaban J connectivity index is 1.72. The summed E-state index contributed by atoms with van der Waals surface area (Å²) in [4.78, 5) is 16.7. The second-order valence-corrected chi connectivity index (χ2v) is 8.32. The van der Waals surface area contributed by atoms with Crippen molar-refractivity contribution < 1.29 is 23.3 Å². The number of anilines is 1. The second-order valence-electron chi connectivity index (χ2n) is 8.32. The van der Waals surface area contributed by atoms with Gasteiger partial charge in [-0.25, -0.2) is 9.18 Å². The number of oxime groups is 1. The van der Waals surface area contributed by atoms with E-state index >= 15 is 0 Å². The van der Waals surface area contributed by atoms with Gasteiger partial charge in [-0.1, -0.05) is 54.5 Å². The van der Waals surface area contributed by atoms with Crippen molar-refractivity contribution in [3.63, 3.8) is 0 Å². The monoisotopic (exact) mass is 454 g/mol. The van der Waals surface area contributed by atoms with Crippen molar-refractivity contribution in [2.24, 2.45) is 5.16 Å². The largest absolute Gasteiger partial charge is 0.444 e. The van der Waals surface area contributed by atoms with Gasteiger partial charge in [0.25, 0.3) is 0 Å². The van der Waals surface area contributed by atoms with Gasteiger partial charge in [0.15, 0.2) is 0 Å². The molecule has 1 unspecified atom stereocenters. The van der Waals surface area contributed by atoms with Crippen LogP contribution in [0.1, 0.15) is 44.9 Å². The fraction of sp³-hybridized carbons (Fsp3) is 0.292. The molecule has 174 valence electrons. The minimum absolute atomic E-state index is 0.0413. The van der Waals surface area contributed by atoms with Gasteiger partial charge in [0, 0.05) is 17.5 Å². The minimum atomic E-state index is -0.715. The van der Waals surface area contributed by atoms with Crippen molar-refractivity contribution in [1.29, 1.82) is 0 Å². The van der Waals surface area contributed by atoms with Crippen LogP contribution in [-0.2, 0) is 9.57 Å². The first-order chi connectivity index (χ1) is 15.7. The summed E-state index contributed by atoms with van der Waals surface area (Å²) < 4.78 is 25.3. The second kappa shape index (κ2) is 10.2. The van der Waals surface area contributed by atoms with E-state index in [0.717, 1.165) is 11.1 Å². The third-order valence-corrected chi connectivity index (χ3v) is 4.59. The molecule has 0 aliphatic carbocycles. The molecule has 1 heterocycles. The lowest BCUT2D eigenvalue weighted by molar-refractivity contribution is 0.0560. The maximum Gasteiger partial charge on any atom is 0.414 e. The average molecular weight is 455 g/mol. The fourth-order valence-corrected chi connectivity index (χ4v) is 3.06. The minimum Gasteiger partial charge on any atom is -0.444 e. The molecular formula is C24H27FN4O4. The zero-order valence-electron chi connectivity index (χ0n) is 19.2. The van der Waals surface area contributed by atoms with Gasteiger partial charge in [-0.3, -0.25) is 10.6 Å². The molecule has 8 nitrogen and oxygen atoms in total. The van der Waals surface area contributed by atoms with Crippen LogP contribution < -0.4 is 10.6 Å². The molecule has 0 bridgehead atoms. The number of amides is 1. The summed E-state index contributed by atoms with van der Waals surface area (Å²) in [6.07, 6.45) is -0.715. The van der Waals surface area contributed by atoms with Crippen molar-refractivity contribution in [3.05, 3.63) is 71.7 Å². The predicted molar refractivity (Wildman–Crippen MR) is 123 cm³/mol. The zero-order chi connectivity index (χ0) is 24.0. The number of nitrogens with zero attached hydrogens (tertiary/aromatic N) is 2. The summed E-state index contributed by atoms with van der Waals surface area (Å²) >= 11 is 0. The lowest BCUT2D eigenvalue weighted by atomic mass is 9.95. The van der Waals surface area contributed by atoms with Crippen LogP contribution in [0.15, 0.2) is 64.3 Å². The normalized spacial score (nSPS) is 12.7. The molecule has 0 spiro atoms. The number of hydrogen-bond acceptors (Lipinski definition) is 6. The lowest BCUT2D eigenvalue weighted by Gasteiger charge is -2.19. The molecular weight excluding hydrogens is 427 g/mol. The number of carbonyl (C=O) groups excluding carboxylic acids is 1. The molecule has 2 N–H and O–H groups in total. The first kappa shape index (κ1) is 23.8.